The van der Waals surface area contributed by atoms with Crippen molar-refractivity contribution in [3.05, 3.63) is 12.3 Å². The maximum absolute atomic E-state index is 8.26. The quantitative estimate of drug-likeness (QED) is 0.285. The SMILES string of the molecule is Cn1ccc(N=C(N)NO)n1. The van der Waals surface area contributed by atoms with Crippen molar-refractivity contribution in [3.8, 4) is 0 Å². The topological polar surface area (TPSA) is 88.5 Å². The number of aliphatic imine (C=N–C) groups is 1. The van der Waals surface area contributed by atoms with Gasteiger partial charge in [0.1, 0.15) is 0 Å². The van der Waals surface area contributed by atoms with Crippen molar-refractivity contribution in [1.82, 2.24) is 15.3 Å². The highest BCUT2D eigenvalue weighted by Crippen LogP contribution is 2.04. The molecule has 0 amide bonds. The van der Waals surface area contributed by atoms with Crippen molar-refractivity contribution >= 4 is 11.8 Å². The first-order valence-electron chi connectivity index (χ1n) is 2.96. The number of guanidine groups is 1. The monoisotopic (exact) mass is 155 g/mol. The molecule has 0 unspecified atom stereocenters. The van der Waals surface area contributed by atoms with Gasteiger partial charge >= 0.3 is 0 Å². The summed E-state index contributed by atoms with van der Waals surface area (Å²) in [5.41, 5.74) is 6.86. The lowest BCUT2D eigenvalue weighted by Gasteiger charge is -1.92. The lowest BCUT2D eigenvalue weighted by atomic mass is 10.6. The highest BCUT2D eigenvalue weighted by atomic mass is 16.5. The molecule has 0 aliphatic rings. The van der Waals surface area contributed by atoms with E-state index in [1.807, 2.05) is 0 Å². The number of nitrogens with two attached hydrogens (primary N) is 1. The fraction of sp³-hybridized carbons (Fsp3) is 0.200. The van der Waals surface area contributed by atoms with Gasteiger partial charge in [-0.3, -0.25) is 9.89 Å². The predicted octanol–water partition coefficient (Wildman–Crippen LogP) is -0.655. The minimum absolute atomic E-state index is 0.0799. The Labute approximate surface area is 63.3 Å². The van der Waals surface area contributed by atoms with E-state index in [0.29, 0.717) is 5.82 Å². The van der Waals surface area contributed by atoms with Gasteiger partial charge in [0.05, 0.1) is 0 Å². The minimum atomic E-state index is -0.0799. The van der Waals surface area contributed by atoms with E-state index in [9.17, 15) is 0 Å². The Morgan fingerprint density at radius 2 is 2.64 bits per heavy atom. The summed E-state index contributed by atoms with van der Waals surface area (Å²) in [4.78, 5) is 3.70. The molecule has 1 rings (SSSR count). The van der Waals surface area contributed by atoms with Gasteiger partial charge in [0, 0.05) is 19.3 Å². The minimum Gasteiger partial charge on any atom is -0.368 e. The Morgan fingerprint density at radius 1 is 1.91 bits per heavy atom. The average molecular weight is 155 g/mol. The summed E-state index contributed by atoms with van der Waals surface area (Å²) in [6.07, 6.45) is 1.73. The number of nitrogens with zero attached hydrogens (tertiary/aromatic N) is 3. The van der Waals surface area contributed by atoms with Crippen molar-refractivity contribution in [2.24, 2.45) is 17.8 Å². The van der Waals surface area contributed by atoms with E-state index in [-0.39, 0.29) is 5.96 Å². The number of aromatic nitrogens is 2. The molecule has 11 heavy (non-hydrogen) atoms. The Bertz CT molecular complexity index is 266. The molecule has 0 aliphatic carbocycles. The molecule has 1 aromatic heterocycles. The smallest absolute Gasteiger partial charge is 0.219 e. The van der Waals surface area contributed by atoms with Crippen LogP contribution in [-0.2, 0) is 7.05 Å². The van der Waals surface area contributed by atoms with E-state index in [1.165, 1.54) is 0 Å². The van der Waals surface area contributed by atoms with E-state index in [1.54, 1.807) is 29.5 Å². The van der Waals surface area contributed by atoms with Crippen molar-refractivity contribution in [2.45, 2.75) is 0 Å². The van der Waals surface area contributed by atoms with E-state index in [2.05, 4.69) is 10.1 Å². The molecule has 6 heteroatoms. The molecule has 1 aromatic rings. The molecule has 0 saturated heterocycles. The largest absolute Gasteiger partial charge is 0.368 e. The summed E-state index contributed by atoms with van der Waals surface area (Å²) in [7, 11) is 1.77. The molecule has 0 bridgehead atoms. The summed E-state index contributed by atoms with van der Waals surface area (Å²) in [6.45, 7) is 0. The summed E-state index contributed by atoms with van der Waals surface area (Å²) >= 11 is 0. The molecular weight excluding hydrogens is 146 g/mol. The highest BCUT2D eigenvalue weighted by Gasteiger charge is 1.93. The van der Waals surface area contributed by atoms with Crippen LogP contribution in [-0.4, -0.2) is 20.9 Å². The van der Waals surface area contributed by atoms with Gasteiger partial charge < -0.3 is 5.73 Å². The first kappa shape index (κ1) is 7.55. The third-order valence-corrected chi connectivity index (χ3v) is 1.05. The maximum Gasteiger partial charge on any atom is 0.219 e. The van der Waals surface area contributed by atoms with Crippen LogP contribution in [0.1, 0.15) is 0 Å². The zero-order valence-electron chi connectivity index (χ0n) is 6.02. The molecule has 0 aliphatic heterocycles. The maximum atomic E-state index is 8.26. The van der Waals surface area contributed by atoms with Crippen LogP contribution in [0.5, 0.6) is 0 Å². The second kappa shape index (κ2) is 3.02. The second-order valence-electron chi connectivity index (χ2n) is 1.96. The second-order valence-corrected chi connectivity index (χ2v) is 1.96. The highest BCUT2D eigenvalue weighted by molar-refractivity contribution is 5.78. The number of rotatable bonds is 1. The van der Waals surface area contributed by atoms with E-state index >= 15 is 0 Å². The number of hydrogen-bond acceptors (Lipinski definition) is 3. The summed E-state index contributed by atoms with van der Waals surface area (Å²) in [5, 5.41) is 12.2. The fourth-order valence-corrected chi connectivity index (χ4v) is 0.611. The molecule has 0 fully saturated rings. The number of hydroxylamine groups is 1. The van der Waals surface area contributed by atoms with Gasteiger partial charge in [0.15, 0.2) is 5.82 Å². The van der Waals surface area contributed by atoms with Gasteiger partial charge in [-0.05, 0) is 0 Å². The Balaban J connectivity index is 2.78. The number of hydrogen-bond donors (Lipinski definition) is 3. The van der Waals surface area contributed by atoms with Gasteiger partial charge in [-0.25, -0.2) is 5.48 Å². The van der Waals surface area contributed by atoms with Gasteiger partial charge in [0.25, 0.3) is 0 Å². The molecule has 4 N–H and O–H groups in total. The lowest BCUT2D eigenvalue weighted by molar-refractivity contribution is 0.233. The standard InChI is InChI=1S/C5H9N5O/c1-10-3-2-4(8-10)7-5(6)9-11/h2-3,11H,1H3,(H3,6,7,8,9). The zero-order chi connectivity index (χ0) is 8.27. The van der Waals surface area contributed by atoms with Crippen LogP contribution in [0.25, 0.3) is 0 Å². The van der Waals surface area contributed by atoms with Gasteiger partial charge in [-0.1, -0.05) is 0 Å². The molecule has 0 saturated carbocycles. The van der Waals surface area contributed by atoms with Gasteiger partial charge in [0.2, 0.25) is 5.96 Å². The average Bonchev–Trinajstić information content (AvgIpc) is 2.35. The van der Waals surface area contributed by atoms with Crippen LogP contribution < -0.4 is 11.2 Å². The van der Waals surface area contributed by atoms with Crippen molar-refractivity contribution in [3.63, 3.8) is 0 Å². The van der Waals surface area contributed by atoms with Gasteiger partial charge in [-0.15, -0.1) is 0 Å². The lowest BCUT2D eigenvalue weighted by Crippen LogP contribution is -2.27. The molecule has 1 heterocycles. The predicted molar refractivity (Wildman–Crippen MR) is 39.4 cm³/mol. The summed E-state index contributed by atoms with van der Waals surface area (Å²) in [5.74, 6) is 0.371. The van der Waals surface area contributed by atoms with Crippen molar-refractivity contribution in [2.75, 3.05) is 0 Å². The third kappa shape index (κ3) is 1.94. The fourth-order valence-electron chi connectivity index (χ4n) is 0.611. The molecule has 60 valence electrons. The van der Waals surface area contributed by atoms with Crippen LogP contribution >= 0.6 is 0 Å². The normalized spacial score (nSPS) is 11.6. The van der Waals surface area contributed by atoms with Crippen LogP contribution in [0.4, 0.5) is 5.82 Å². The summed E-state index contributed by atoms with van der Waals surface area (Å²) < 4.78 is 1.59. The third-order valence-electron chi connectivity index (χ3n) is 1.05. The first-order valence-corrected chi connectivity index (χ1v) is 2.96. The zero-order valence-corrected chi connectivity index (χ0v) is 6.02. The Morgan fingerprint density at radius 3 is 3.09 bits per heavy atom. The van der Waals surface area contributed by atoms with Crippen molar-refractivity contribution in [1.29, 1.82) is 0 Å². The summed E-state index contributed by atoms with van der Waals surface area (Å²) in [6, 6.07) is 1.67. The molecule has 0 spiro atoms. The first-order chi connectivity index (χ1) is 5.22. The number of aryl methyl sites for hydroxylation is 1. The van der Waals surface area contributed by atoms with Crippen molar-refractivity contribution < 1.29 is 5.21 Å². The van der Waals surface area contributed by atoms with E-state index < -0.39 is 0 Å². The molecule has 6 nitrogen and oxygen atoms in total. The van der Waals surface area contributed by atoms with Crippen LogP contribution in [0, 0.1) is 0 Å². The van der Waals surface area contributed by atoms with E-state index in [4.69, 9.17) is 10.9 Å². The Hall–Kier alpha value is -1.56. The molecule has 0 atom stereocenters. The molecule has 0 radical (unpaired) electrons. The number of nitrogens with one attached hydrogen (secondary N) is 1. The van der Waals surface area contributed by atoms with Crippen LogP contribution in [0.15, 0.2) is 17.3 Å². The molecular formula is C5H9N5O. The van der Waals surface area contributed by atoms with Gasteiger partial charge in [-0.2, -0.15) is 10.1 Å². The van der Waals surface area contributed by atoms with Crippen LogP contribution in [0.3, 0.4) is 0 Å². The van der Waals surface area contributed by atoms with Crippen LogP contribution in [0.2, 0.25) is 0 Å². The Kier molecular flexibility index (Phi) is 2.07. The van der Waals surface area contributed by atoms with E-state index in [0.717, 1.165) is 0 Å². The molecule has 0 aromatic carbocycles.